The van der Waals surface area contributed by atoms with Crippen molar-refractivity contribution in [2.45, 2.75) is 50.7 Å². The summed E-state index contributed by atoms with van der Waals surface area (Å²) in [5.74, 6) is -9.40. The molecular formula is C22H23F5N4O3S. The Bertz CT molecular complexity index is 1270. The number of nitrogens with one attached hydrogen (secondary N) is 2. The molecule has 0 radical (unpaired) electrons. The Morgan fingerprint density at radius 1 is 1.20 bits per heavy atom. The van der Waals surface area contributed by atoms with Crippen LogP contribution in [0.25, 0.3) is 0 Å². The predicted molar refractivity (Wildman–Crippen MR) is 116 cm³/mol. The number of hydrogen-bond acceptors (Lipinski definition) is 4. The number of rotatable bonds is 3. The zero-order valence-corrected chi connectivity index (χ0v) is 19.6. The summed E-state index contributed by atoms with van der Waals surface area (Å²) in [7, 11) is -4.15. The number of hydrogen-bond donors (Lipinski definition) is 2. The van der Waals surface area contributed by atoms with Gasteiger partial charge in [0.2, 0.25) is 10.0 Å². The molecule has 2 N–H and O–H groups in total. The maximum atomic E-state index is 15.5. The minimum absolute atomic E-state index is 0.0141. The van der Waals surface area contributed by atoms with E-state index < -0.39 is 75.8 Å². The summed E-state index contributed by atoms with van der Waals surface area (Å²) in [5, 5.41) is 2.38. The van der Waals surface area contributed by atoms with Crippen molar-refractivity contribution in [1.29, 1.82) is 0 Å². The van der Waals surface area contributed by atoms with Gasteiger partial charge in [0.1, 0.15) is 17.6 Å². The second-order valence-corrected chi connectivity index (χ2v) is 10.7. The number of benzene rings is 1. The van der Waals surface area contributed by atoms with Gasteiger partial charge in [-0.05, 0) is 43.5 Å². The molecule has 2 aliphatic heterocycles. The van der Waals surface area contributed by atoms with E-state index in [9.17, 15) is 22.0 Å². The zero-order valence-electron chi connectivity index (χ0n) is 18.8. The van der Waals surface area contributed by atoms with Gasteiger partial charge in [-0.2, -0.15) is 8.78 Å². The molecule has 2 aliphatic rings. The summed E-state index contributed by atoms with van der Waals surface area (Å²) >= 11 is 0. The molecule has 0 saturated carbocycles. The highest BCUT2D eigenvalue weighted by atomic mass is 32.2. The first-order chi connectivity index (χ1) is 16.3. The average Bonchev–Trinajstić information content (AvgIpc) is 3.03. The molecule has 2 aromatic rings. The molecule has 1 aromatic heterocycles. The Kier molecular flexibility index (Phi) is 6.29. The summed E-state index contributed by atoms with van der Waals surface area (Å²) in [6.07, 6.45) is -0.625. The number of amides is 2. The Morgan fingerprint density at radius 2 is 1.91 bits per heavy atom. The number of halogens is 5. The fraction of sp³-hybridized carbons (Fsp3) is 0.455. The van der Waals surface area contributed by atoms with Gasteiger partial charge in [-0.25, -0.2) is 36.1 Å². The lowest BCUT2D eigenvalue weighted by molar-refractivity contribution is -0.00461. The molecule has 2 atom stereocenters. The lowest BCUT2D eigenvalue weighted by Gasteiger charge is -2.28. The minimum Gasteiger partial charge on any atom is -0.332 e. The maximum absolute atomic E-state index is 15.5. The van der Waals surface area contributed by atoms with Gasteiger partial charge in [0.15, 0.2) is 0 Å². The quantitative estimate of drug-likeness (QED) is 0.612. The van der Waals surface area contributed by atoms with Crippen molar-refractivity contribution >= 4 is 16.1 Å². The number of pyridine rings is 1. The molecule has 1 fully saturated rings. The van der Waals surface area contributed by atoms with Gasteiger partial charge in [0.25, 0.3) is 5.92 Å². The van der Waals surface area contributed by atoms with Crippen molar-refractivity contribution in [3.63, 3.8) is 0 Å². The molecule has 7 nitrogen and oxygen atoms in total. The molecule has 3 heterocycles. The Morgan fingerprint density at radius 3 is 2.60 bits per heavy atom. The predicted octanol–water partition coefficient (Wildman–Crippen LogP) is 3.06. The zero-order chi connectivity index (χ0) is 25.8. The first kappa shape index (κ1) is 25.3. The Balaban J connectivity index is 1.88. The van der Waals surface area contributed by atoms with E-state index in [1.54, 1.807) is 0 Å². The molecule has 1 aromatic carbocycles. The van der Waals surface area contributed by atoms with E-state index in [1.807, 2.05) is 4.72 Å². The van der Waals surface area contributed by atoms with Crippen LogP contribution in [0.15, 0.2) is 30.3 Å². The van der Waals surface area contributed by atoms with E-state index in [2.05, 4.69) is 10.3 Å². The number of nitrogens with zero attached hydrogens (tertiary/aromatic N) is 2. The topological polar surface area (TPSA) is 91.4 Å². The third-order valence-corrected chi connectivity index (χ3v) is 7.66. The van der Waals surface area contributed by atoms with Crippen LogP contribution in [-0.2, 0) is 28.9 Å². The van der Waals surface area contributed by atoms with Gasteiger partial charge < -0.3 is 10.2 Å². The van der Waals surface area contributed by atoms with Crippen LogP contribution in [0.4, 0.5) is 26.7 Å². The molecule has 35 heavy (non-hydrogen) atoms. The molecule has 0 aliphatic carbocycles. The highest BCUT2D eigenvalue weighted by Gasteiger charge is 2.57. The summed E-state index contributed by atoms with van der Waals surface area (Å²) in [5.41, 5.74) is -1.95. The van der Waals surface area contributed by atoms with E-state index in [0.29, 0.717) is 4.90 Å². The molecule has 13 heteroatoms. The fourth-order valence-electron chi connectivity index (χ4n) is 4.38. The molecule has 4 bridgehead atoms. The van der Waals surface area contributed by atoms with E-state index >= 15 is 13.2 Å². The smallest absolute Gasteiger partial charge is 0.318 e. The highest BCUT2D eigenvalue weighted by molar-refractivity contribution is 7.89. The van der Waals surface area contributed by atoms with Gasteiger partial charge in [0, 0.05) is 0 Å². The van der Waals surface area contributed by atoms with Gasteiger partial charge >= 0.3 is 12.0 Å². The van der Waals surface area contributed by atoms with Crippen LogP contribution in [0, 0.1) is 12.7 Å². The Labute approximate surface area is 198 Å². The van der Waals surface area contributed by atoms with E-state index in [0.717, 1.165) is 18.2 Å². The monoisotopic (exact) mass is 518 g/mol. The second-order valence-electron chi connectivity index (χ2n) is 8.64. The molecule has 4 rings (SSSR count). The fourth-order valence-corrected chi connectivity index (χ4v) is 5.27. The van der Waals surface area contributed by atoms with Crippen molar-refractivity contribution in [1.82, 2.24) is 19.9 Å². The summed E-state index contributed by atoms with van der Waals surface area (Å²) in [6.45, 7) is 1.13. The van der Waals surface area contributed by atoms with E-state index in [-0.39, 0.29) is 23.4 Å². The van der Waals surface area contributed by atoms with Crippen LogP contribution >= 0.6 is 0 Å². The number of aryl methyl sites for hydroxylation is 1. The minimum atomic E-state index is -4.15. The number of sulfonamides is 1. The van der Waals surface area contributed by atoms with E-state index in [1.165, 1.54) is 26.0 Å². The average molecular weight is 519 g/mol. The molecule has 2 amide bonds. The van der Waals surface area contributed by atoms with Crippen molar-refractivity contribution in [3.05, 3.63) is 64.2 Å². The van der Waals surface area contributed by atoms with Gasteiger partial charge in [-0.3, -0.25) is 0 Å². The van der Waals surface area contributed by atoms with Crippen LogP contribution in [0.2, 0.25) is 0 Å². The Hall–Kier alpha value is -2.80. The molecule has 0 unspecified atom stereocenters. The van der Waals surface area contributed by atoms with Gasteiger partial charge in [-0.15, -0.1) is 0 Å². The first-order valence-corrected chi connectivity index (χ1v) is 12.5. The third-order valence-electron chi connectivity index (χ3n) is 6.29. The molecule has 1 saturated heterocycles. The van der Waals surface area contributed by atoms with Crippen LogP contribution in [0.3, 0.4) is 0 Å². The van der Waals surface area contributed by atoms with Crippen LogP contribution in [-0.4, -0.2) is 54.6 Å². The SMILES string of the molecule is CCS(=O)(=O)N[C@@H]1[C@@H]2Cc3cccc(c3F)C(F)(F)c3nc(ccc3C)CNC(=O)N2CC1(F)F. The van der Waals surface area contributed by atoms with E-state index in [4.69, 9.17) is 0 Å². The number of urea groups is 1. The summed E-state index contributed by atoms with van der Waals surface area (Å²) < 4.78 is 103. The number of fused-ring (bicyclic) bond motifs is 5. The van der Waals surface area contributed by atoms with Crippen molar-refractivity contribution in [2.75, 3.05) is 12.3 Å². The van der Waals surface area contributed by atoms with Gasteiger partial charge in [-0.1, -0.05) is 18.2 Å². The van der Waals surface area contributed by atoms with Crippen molar-refractivity contribution in [3.8, 4) is 0 Å². The largest absolute Gasteiger partial charge is 0.332 e. The third kappa shape index (κ3) is 4.58. The van der Waals surface area contributed by atoms with Crippen molar-refractivity contribution < 1.29 is 35.2 Å². The van der Waals surface area contributed by atoms with Crippen LogP contribution in [0.5, 0.6) is 0 Å². The molecule has 0 spiro atoms. The number of alkyl halides is 4. The molecular weight excluding hydrogens is 495 g/mol. The number of carbonyl (C=O) groups excluding carboxylic acids is 1. The normalized spacial score (nSPS) is 23.5. The summed E-state index contributed by atoms with van der Waals surface area (Å²) in [4.78, 5) is 17.5. The summed E-state index contributed by atoms with van der Waals surface area (Å²) in [6, 6.07) is 1.29. The van der Waals surface area contributed by atoms with Crippen LogP contribution in [0.1, 0.15) is 35.0 Å². The maximum Gasteiger partial charge on any atom is 0.318 e. The molecule has 190 valence electrons. The van der Waals surface area contributed by atoms with Crippen LogP contribution < -0.4 is 10.0 Å². The first-order valence-electron chi connectivity index (χ1n) is 10.8. The second kappa shape index (κ2) is 8.70. The number of carbonyl (C=O) groups is 1. The van der Waals surface area contributed by atoms with Crippen molar-refractivity contribution in [2.24, 2.45) is 0 Å². The lowest BCUT2D eigenvalue weighted by Crippen LogP contribution is -2.53. The van der Waals surface area contributed by atoms with Gasteiger partial charge in [0.05, 0.1) is 36.1 Å². The highest BCUT2D eigenvalue weighted by Crippen LogP contribution is 2.40. The number of aromatic nitrogens is 1. The lowest BCUT2D eigenvalue weighted by atomic mass is 9.94. The standard InChI is InChI=1S/C22H23F5N4O3S/c1-3-35(33,34)30-19-16-9-13-5-4-6-15(17(13)23)22(26,27)18-12(2)7-8-14(29-18)10-28-20(32)31(16)11-21(19,24)25/h4-8,16,19,30H,3,9-11H2,1-2H3,(H,28,32)/t16-,19+/m0/s1.